The Kier molecular flexibility index (Phi) is 2.43. The fourth-order valence-electron chi connectivity index (χ4n) is 0.580. The molecule has 1 aromatic rings. The summed E-state index contributed by atoms with van der Waals surface area (Å²) >= 11 is 1.33. The maximum atomic E-state index is 10.6. The molecule has 0 spiro atoms. The first kappa shape index (κ1) is 8.00. The fourth-order valence-corrected chi connectivity index (χ4v) is 1.06. The number of amides is 1. The Labute approximate surface area is 68.6 Å². The van der Waals surface area contributed by atoms with Crippen LogP contribution in [-0.2, 0) is 4.79 Å². The van der Waals surface area contributed by atoms with Gasteiger partial charge in [0, 0.05) is 5.38 Å². The van der Waals surface area contributed by atoms with Gasteiger partial charge < -0.3 is 11.1 Å². The molecule has 3 N–H and O–H groups in total. The monoisotopic (exact) mass is 171 g/mol. The summed E-state index contributed by atoms with van der Waals surface area (Å²) in [7, 11) is 0. The molecule has 4 nitrogen and oxygen atoms in total. The molecule has 0 aliphatic rings. The molecule has 0 bridgehead atoms. The molecule has 0 saturated carbocycles. The average molecular weight is 171 g/mol. The van der Waals surface area contributed by atoms with Crippen LogP contribution in [0.4, 0.5) is 5.82 Å². The molecule has 1 aromatic heterocycles. The Morgan fingerprint density at radius 3 is 3.09 bits per heavy atom. The third-order valence-electron chi connectivity index (χ3n) is 1.23. The second-order valence-corrected chi connectivity index (χ2v) is 2.82. The van der Waals surface area contributed by atoms with Gasteiger partial charge in [-0.1, -0.05) is 0 Å². The van der Waals surface area contributed by atoms with Crippen molar-refractivity contribution < 1.29 is 4.79 Å². The Hall–Kier alpha value is -1.10. The van der Waals surface area contributed by atoms with Crippen molar-refractivity contribution in [3.8, 4) is 0 Å². The molecule has 1 heterocycles. The summed E-state index contributed by atoms with van der Waals surface area (Å²) in [5.74, 6) is 0.319. The Balaban J connectivity index is 2.50. The molecule has 1 unspecified atom stereocenters. The first-order valence-corrected chi connectivity index (χ1v) is 4.00. The normalized spacial score (nSPS) is 12.5. The van der Waals surface area contributed by atoms with Crippen LogP contribution in [0.3, 0.4) is 0 Å². The lowest BCUT2D eigenvalue weighted by molar-refractivity contribution is -0.118. The zero-order valence-corrected chi connectivity index (χ0v) is 6.89. The number of aromatic nitrogens is 1. The topological polar surface area (TPSA) is 68.0 Å². The SMILES string of the molecule is CC(Nc1ccsn1)C(N)=O. The molecule has 0 fully saturated rings. The maximum Gasteiger partial charge on any atom is 0.239 e. The Bertz CT molecular complexity index is 234. The molecular weight excluding hydrogens is 162 g/mol. The number of hydrogen-bond acceptors (Lipinski definition) is 4. The summed E-state index contributed by atoms with van der Waals surface area (Å²) in [5.41, 5.74) is 5.03. The highest BCUT2D eigenvalue weighted by Crippen LogP contribution is 2.06. The van der Waals surface area contributed by atoms with Gasteiger partial charge in [-0.15, -0.1) is 0 Å². The van der Waals surface area contributed by atoms with Gasteiger partial charge in [0.25, 0.3) is 0 Å². The van der Waals surface area contributed by atoms with E-state index in [1.807, 2.05) is 5.38 Å². The molecule has 1 rings (SSSR count). The number of hydrogen-bond donors (Lipinski definition) is 2. The standard InChI is InChI=1S/C6H9N3OS/c1-4(6(7)10)8-5-2-3-11-9-5/h2-4H,1H3,(H2,7,10)(H,8,9). The third kappa shape index (κ3) is 2.19. The van der Waals surface area contributed by atoms with E-state index in [1.54, 1.807) is 13.0 Å². The van der Waals surface area contributed by atoms with E-state index >= 15 is 0 Å². The summed E-state index contributed by atoms with van der Waals surface area (Å²) in [5, 5.41) is 4.68. The molecule has 0 aliphatic heterocycles. The quantitative estimate of drug-likeness (QED) is 0.693. The van der Waals surface area contributed by atoms with Gasteiger partial charge >= 0.3 is 0 Å². The minimum atomic E-state index is -0.377. The second-order valence-electron chi connectivity index (χ2n) is 2.15. The van der Waals surface area contributed by atoms with Crippen LogP contribution in [0.15, 0.2) is 11.4 Å². The number of primary amides is 1. The van der Waals surface area contributed by atoms with Gasteiger partial charge in [0.1, 0.15) is 11.9 Å². The van der Waals surface area contributed by atoms with Crippen LogP contribution < -0.4 is 11.1 Å². The minimum absolute atomic E-state index is 0.364. The smallest absolute Gasteiger partial charge is 0.239 e. The lowest BCUT2D eigenvalue weighted by atomic mass is 10.3. The van der Waals surface area contributed by atoms with Crippen molar-refractivity contribution in [2.45, 2.75) is 13.0 Å². The van der Waals surface area contributed by atoms with Crippen LogP contribution in [0, 0.1) is 0 Å². The predicted molar refractivity (Wildman–Crippen MR) is 44.4 cm³/mol. The molecule has 0 aromatic carbocycles. The van der Waals surface area contributed by atoms with Crippen molar-refractivity contribution >= 4 is 23.3 Å². The first-order valence-electron chi connectivity index (χ1n) is 3.16. The molecule has 11 heavy (non-hydrogen) atoms. The van der Waals surface area contributed by atoms with Crippen molar-refractivity contribution in [3.63, 3.8) is 0 Å². The number of carbonyl (C=O) groups excluding carboxylic acids is 1. The van der Waals surface area contributed by atoms with Crippen LogP contribution >= 0.6 is 11.5 Å². The van der Waals surface area contributed by atoms with Crippen molar-refractivity contribution in [3.05, 3.63) is 11.4 Å². The minimum Gasteiger partial charge on any atom is -0.368 e. The number of nitrogens with two attached hydrogens (primary N) is 1. The third-order valence-corrected chi connectivity index (χ3v) is 1.79. The van der Waals surface area contributed by atoms with E-state index in [0.717, 1.165) is 0 Å². The largest absolute Gasteiger partial charge is 0.368 e. The number of anilines is 1. The lowest BCUT2D eigenvalue weighted by Crippen LogP contribution is -2.32. The molecule has 60 valence electrons. The van der Waals surface area contributed by atoms with E-state index in [1.165, 1.54) is 11.5 Å². The van der Waals surface area contributed by atoms with Crippen molar-refractivity contribution in [1.82, 2.24) is 4.37 Å². The van der Waals surface area contributed by atoms with Gasteiger partial charge in [0.2, 0.25) is 5.91 Å². The van der Waals surface area contributed by atoms with Crippen molar-refractivity contribution in [2.75, 3.05) is 5.32 Å². The molecular formula is C6H9N3OS. The number of rotatable bonds is 3. The van der Waals surface area contributed by atoms with E-state index in [-0.39, 0.29) is 11.9 Å². The van der Waals surface area contributed by atoms with Crippen LogP contribution in [0.1, 0.15) is 6.92 Å². The maximum absolute atomic E-state index is 10.6. The molecule has 0 radical (unpaired) electrons. The van der Waals surface area contributed by atoms with Crippen LogP contribution in [0.5, 0.6) is 0 Å². The molecule has 0 aliphatic carbocycles. The number of carbonyl (C=O) groups is 1. The Morgan fingerprint density at radius 1 is 1.91 bits per heavy atom. The number of nitrogens with zero attached hydrogens (tertiary/aromatic N) is 1. The van der Waals surface area contributed by atoms with E-state index in [0.29, 0.717) is 5.82 Å². The highest BCUT2D eigenvalue weighted by Gasteiger charge is 2.07. The van der Waals surface area contributed by atoms with Crippen molar-refractivity contribution in [2.24, 2.45) is 5.73 Å². The lowest BCUT2D eigenvalue weighted by Gasteiger charge is -2.07. The fraction of sp³-hybridized carbons (Fsp3) is 0.333. The van der Waals surface area contributed by atoms with Gasteiger partial charge in [0.05, 0.1) is 0 Å². The van der Waals surface area contributed by atoms with Gasteiger partial charge in [-0.05, 0) is 24.5 Å². The first-order chi connectivity index (χ1) is 5.20. The average Bonchev–Trinajstić information content (AvgIpc) is 2.39. The molecule has 1 amide bonds. The van der Waals surface area contributed by atoms with Gasteiger partial charge in [-0.25, -0.2) is 0 Å². The van der Waals surface area contributed by atoms with E-state index in [2.05, 4.69) is 9.69 Å². The number of nitrogens with one attached hydrogen (secondary N) is 1. The van der Waals surface area contributed by atoms with Gasteiger partial charge in [-0.2, -0.15) is 4.37 Å². The zero-order chi connectivity index (χ0) is 8.27. The summed E-state index contributed by atoms with van der Waals surface area (Å²) in [4.78, 5) is 10.6. The van der Waals surface area contributed by atoms with Crippen LogP contribution in [-0.4, -0.2) is 16.3 Å². The highest BCUT2D eigenvalue weighted by molar-refractivity contribution is 7.03. The van der Waals surface area contributed by atoms with E-state index in [9.17, 15) is 4.79 Å². The van der Waals surface area contributed by atoms with E-state index < -0.39 is 0 Å². The predicted octanol–water partition coefficient (Wildman–Crippen LogP) is 0.429. The van der Waals surface area contributed by atoms with Crippen LogP contribution in [0.25, 0.3) is 0 Å². The van der Waals surface area contributed by atoms with Crippen molar-refractivity contribution in [1.29, 1.82) is 0 Å². The summed E-state index contributed by atoms with van der Waals surface area (Å²) in [6, 6.07) is 1.43. The molecule has 1 atom stereocenters. The molecule has 5 heteroatoms. The zero-order valence-electron chi connectivity index (χ0n) is 6.07. The summed E-state index contributed by atoms with van der Waals surface area (Å²) < 4.78 is 3.96. The highest BCUT2D eigenvalue weighted by atomic mass is 32.1. The molecule has 0 saturated heterocycles. The summed E-state index contributed by atoms with van der Waals surface area (Å²) in [6.45, 7) is 1.70. The van der Waals surface area contributed by atoms with Gasteiger partial charge in [0.15, 0.2) is 0 Å². The Morgan fingerprint density at radius 2 is 2.64 bits per heavy atom. The summed E-state index contributed by atoms with van der Waals surface area (Å²) in [6.07, 6.45) is 0. The van der Waals surface area contributed by atoms with Crippen LogP contribution in [0.2, 0.25) is 0 Å². The van der Waals surface area contributed by atoms with E-state index in [4.69, 9.17) is 5.73 Å². The van der Waals surface area contributed by atoms with Gasteiger partial charge in [-0.3, -0.25) is 4.79 Å². The second kappa shape index (κ2) is 3.34.